The Morgan fingerprint density at radius 2 is 2.00 bits per heavy atom. The minimum absolute atomic E-state index is 0. The first kappa shape index (κ1) is 21.1. The number of fused-ring (bicyclic) bond motifs is 3. The summed E-state index contributed by atoms with van der Waals surface area (Å²) in [6.45, 7) is 0.858. The molecule has 3 aromatic rings. The number of halogens is 1. The molecule has 2 aromatic carbocycles. The van der Waals surface area contributed by atoms with Gasteiger partial charge in [-0.1, -0.05) is 12.1 Å². The van der Waals surface area contributed by atoms with Gasteiger partial charge in [0.05, 0.1) is 21.4 Å². The molecule has 0 unspecified atom stereocenters. The van der Waals surface area contributed by atoms with Crippen LogP contribution in [0.4, 0.5) is 5.69 Å². The zero-order chi connectivity index (χ0) is 21.5. The molecule has 166 valence electrons. The molecule has 1 aliphatic heterocycles. The number of rotatable bonds is 1. The third-order valence-electron chi connectivity index (χ3n) is 7.96. The topological polar surface area (TPSA) is 99.7 Å². The van der Waals surface area contributed by atoms with Gasteiger partial charge in [0.1, 0.15) is 5.75 Å². The standard InChI is InChI=1S/C24H23N3O4.ClH/c1-26-8-7-23-13-20-15(9-17-19(25-20)3-2-4-21(17)27(30)31)12-24(23,29)22(26)10-14-5-6-16(28)11-18(14)23;/h2-6,9,11,22,28-29H,7-8,10,12-13H2,1H3;1H/t22-,23-,24-;/m1./s1. The van der Waals surface area contributed by atoms with Crippen LogP contribution < -0.4 is 0 Å². The van der Waals surface area contributed by atoms with Crippen molar-refractivity contribution in [1.82, 2.24) is 9.88 Å². The molecule has 3 aliphatic rings. The summed E-state index contributed by atoms with van der Waals surface area (Å²) in [5.41, 5.74) is 3.02. The van der Waals surface area contributed by atoms with Crippen molar-refractivity contribution in [2.24, 2.45) is 0 Å². The van der Waals surface area contributed by atoms with Crippen LogP contribution in [-0.4, -0.2) is 50.3 Å². The predicted octanol–water partition coefficient (Wildman–Crippen LogP) is 3.30. The maximum absolute atomic E-state index is 12.3. The normalized spacial score (nSPS) is 28.2. The van der Waals surface area contributed by atoms with Crippen LogP contribution in [0.1, 0.15) is 28.8 Å². The number of hydrogen-bond acceptors (Lipinski definition) is 6. The highest BCUT2D eigenvalue weighted by Crippen LogP contribution is 2.57. The van der Waals surface area contributed by atoms with Crippen LogP contribution in [0, 0.1) is 10.1 Å². The van der Waals surface area contributed by atoms with Gasteiger partial charge in [0.25, 0.3) is 5.69 Å². The SMILES string of the molecule is CN1CC[C@]23Cc4nc5cccc([N+](=O)[O-])c5cc4C[C@@]2(O)[C@H]1Cc1ccc(O)cc13.Cl. The minimum Gasteiger partial charge on any atom is -0.508 e. The average molecular weight is 454 g/mol. The number of nitro groups is 1. The van der Waals surface area contributed by atoms with Gasteiger partial charge < -0.3 is 15.1 Å². The molecule has 1 fully saturated rings. The minimum atomic E-state index is -1.04. The number of aliphatic hydroxyl groups is 1. The summed E-state index contributed by atoms with van der Waals surface area (Å²) < 4.78 is 0. The number of non-ortho nitro benzene ring substituents is 1. The van der Waals surface area contributed by atoms with E-state index in [2.05, 4.69) is 11.9 Å². The van der Waals surface area contributed by atoms with Crippen molar-refractivity contribution in [3.05, 3.63) is 75.0 Å². The van der Waals surface area contributed by atoms with Crippen LogP contribution in [0.3, 0.4) is 0 Å². The summed E-state index contributed by atoms with van der Waals surface area (Å²) in [5, 5.41) is 34.6. The molecule has 8 heteroatoms. The molecule has 6 rings (SSSR count). The number of pyridine rings is 1. The van der Waals surface area contributed by atoms with Crippen molar-refractivity contribution < 1.29 is 15.1 Å². The summed E-state index contributed by atoms with van der Waals surface area (Å²) in [6.07, 6.45) is 2.42. The Labute approximate surface area is 191 Å². The van der Waals surface area contributed by atoms with Gasteiger partial charge in [0.2, 0.25) is 0 Å². The molecular formula is C24H24ClN3O4. The van der Waals surface area contributed by atoms with E-state index >= 15 is 0 Å². The smallest absolute Gasteiger partial charge is 0.278 e. The van der Waals surface area contributed by atoms with E-state index in [9.17, 15) is 20.3 Å². The summed E-state index contributed by atoms with van der Waals surface area (Å²) in [4.78, 5) is 18.2. The van der Waals surface area contributed by atoms with E-state index in [0.717, 1.165) is 29.8 Å². The van der Waals surface area contributed by atoms with Crippen molar-refractivity contribution in [1.29, 1.82) is 0 Å². The van der Waals surface area contributed by atoms with Crippen molar-refractivity contribution >= 4 is 29.0 Å². The lowest BCUT2D eigenvalue weighted by Crippen LogP contribution is -2.73. The second-order valence-corrected chi connectivity index (χ2v) is 9.35. The Morgan fingerprint density at radius 1 is 1.19 bits per heavy atom. The van der Waals surface area contributed by atoms with Crippen LogP contribution >= 0.6 is 12.4 Å². The zero-order valence-corrected chi connectivity index (χ0v) is 18.4. The van der Waals surface area contributed by atoms with Gasteiger partial charge in [-0.25, -0.2) is 0 Å². The van der Waals surface area contributed by atoms with Crippen molar-refractivity contribution in [3.63, 3.8) is 0 Å². The number of aromatic nitrogens is 1. The number of aromatic hydroxyl groups is 1. The molecule has 2 heterocycles. The summed E-state index contributed by atoms with van der Waals surface area (Å²) >= 11 is 0. The number of benzene rings is 2. The fourth-order valence-corrected chi connectivity index (χ4v) is 6.44. The Kier molecular flexibility index (Phi) is 4.54. The van der Waals surface area contributed by atoms with Crippen LogP contribution in [0.25, 0.3) is 10.9 Å². The summed E-state index contributed by atoms with van der Waals surface area (Å²) in [5.74, 6) is 0.209. The molecule has 2 bridgehead atoms. The lowest BCUT2D eigenvalue weighted by Gasteiger charge is -2.63. The molecule has 3 atom stereocenters. The van der Waals surface area contributed by atoms with E-state index in [4.69, 9.17) is 4.98 Å². The highest BCUT2D eigenvalue weighted by Gasteiger charge is 2.64. The van der Waals surface area contributed by atoms with Crippen molar-refractivity contribution in [3.8, 4) is 5.75 Å². The zero-order valence-electron chi connectivity index (χ0n) is 17.6. The van der Waals surface area contributed by atoms with Crippen LogP contribution in [0.15, 0.2) is 42.5 Å². The number of likely N-dealkylation sites (N-methyl/N-ethyl adjacent to an activating group) is 1. The second kappa shape index (κ2) is 6.88. The van der Waals surface area contributed by atoms with Gasteiger partial charge in [-0.2, -0.15) is 0 Å². The van der Waals surface area contributed by atoms with Gasteiger partial charge in [-0.3, -0.25) is 15.1 Å². The summed E-state index contributed by atoms with van der Waals surface area (Å²) in [6, 6.07) is 12.3. The molecule has 0 spiro atoms. The maximum atomic E-state index is 12.3. The Bertz CT molecular complexity index is 1280. The van der Waals surface area contributed by atoms with Crippen LogP contribution in [0.5, 0.6) is 5.75 Å². The molecule has 1 aromatic heterocycles. The number of piperidine rings is 1. The summed E-state index contributed by atoms with van der Waals surface area (Å²) in [7, 11) is 2.05. The van der Waals surface area contributed by atoms with E-state index in [1.807, 2.05) is 18.2 Å². The fourth-order valence-electron chi connectivity index (χ4n) is 6.44. The number of phenols is 1. The monoisotopic (exact) mass is 453 g/mol. The molecule has 1 saturated heterocycles. The first-order valence-corrected chi connectivity index (χ1v) is 10.6. The molecule has 0 amide bonds. The predicted molar refractivity (Wildman–Crippen MR) is 123 cm³/mol. The molecule has 7 nitrogen and oxygen atoms in total. The Hall–Kier alpha value is -2.74. The molecule has 2 N–H and O–H groups in total. The van der Waals surface area contributed by atoms with E-state index in [0.29, 0.717) is 30.2 Å². The molecular weight excluding hydrogens is 430 g/mol. The molecule has 2 aliphatic carbocycles. The lowest BCUT2D eigenvalue weighted by atomic mass is 9.49. The second-order valence-electron chi connectivity index (χ2n) is 9.35. The first-order chi connectivity index (χ1) is 14.8. The molecule has 32 heavy (non-hydrogen) atoms. The third-order valence-corrected chi connectivity index (χ3v) is 7.96. The van der Waals surface area contributed by atoms with E-state index in [1.165, 1.54) is 11.6 Å². The first-order valence-electron chi connectivity index (χ1n) is 10.6. The third kappa shape index (κ3) is 2.59. The highest BCUT2D eigenvalue weighted by molar-refractivity contribution is 5.88. The Morgan fingerprint density at radius 3 is 2.78 bits per heavy atom. The molecule has 0 saturated carbocycles. The highest BCUT2D eigenvalue weighted by atomic mass is 35.5. The van der Waals surface area contributed by atoms with E-state index in [-0.39, 0.29) is 34.8 Å². The maximum Gasteiger partial charge on any atom is 0.278 e. The number of nitrogens with zero attached hydrogens (tertiary/aromatic N) is 3. The Balaban J connectivity index is 0.00000216. The quantitative estimate of drug-likeness (QED) is 0.433. The van der Waals surface area contributed by atoms with Gasteiger partial charge in [0, 0.05) is 36.1 Å². The van der Waals surface area contributed by atoms with E-state index in [1.54, 1.807) is 18.2 Å². The molecule has 0 radical (unpaired) electrons. The van der Waals surface area contributed by atoms with Crippen molar-refractivity contribution in [2.45, 2.75) is 42.7 Å². The van der Waals surface area contributed by atoms with Crippen LogP contribution in [-0.2, 0) is 24.7 Å². The number of nitro benzene ring substituents is 1. The number of phenolic OH excluding ortho intramolecular Hbond substituents is 1. The lowest BCUT2D eigenvalue weighted by molar-refractivity contribution is -0.383. The average Bonchev–Trinajstić information content (AvgIpc) is 2.73. The largest absolute Gasteiger partial charge is 0.508 e. The fraction of sp³-hybridized carbons (Fsp3) is 0.375. The van der Waals surface area contributed by atoms with E-state index < -0.39 is 11.0 Å². The van der Waals surface area contributed by atoms with Gasteiger partial charge >= 0.3 is 0 Å². The number of likely N-dealkylation sites (tertiary alicyclic amines) is 1. The van der Waals surface area contributed by atoms with Gasteiger partial charge in [0.15, 0.2) is 0 Å². The number of hydrogen-bond donors (Lipinski definition) is 2. The van der Waals surface area contributed by atoms with Gasteiger partial charge in [-0.05, 0) is 67.4 Å². The van der Waals surface area contributed by atoms with Gasteiger partial charge in [-0.15, -0.1) is 12.4 Å². The van der Waals surface area contributed by atoms with Crippen LogP contribution in [0.2, 0.25) is 0 Å². The van der Waals surface area contributed by atoms with Crippen molar-refractivity contribution in [2.75, 3.05) is 13.6 Å².